The van der Waals surface area contributed by atoms with Crippen LogP contribution in [0.25, 0.3) is 11.5 Å². The van der Waals surface area contributed by atoms with E-state index in [-0.39, 0.29) is 16.9 Å². The number of phenols is 1. The Morgan fingerprint density at radius 1 is 1.50 bits per heavy atom. The molecular formula is C12H13ClN2O3. The number of hydrogen-bond donors (Lipinski definition) is 1. The van der Waals surface area contributed by atoms with Crippen molar-refractivity contribution in [1.29, 1.82) is 0 Å². The van der Waals surface area contributed by atoms with Gasteiger partial charge in [0.15, 0.2) is 0 Å². The molecule has 5 nitrogen and oxygen atoms in total. The Balaban J connectivity index is 2.26. The van der Waals surface area contributed by atoms with Crippen LogP contribution in [0.1, 0.15) is 25.8 Å². The third-order valence-corrected chi connectivity index (χ3v) is 2.72. The van der Waals surface area contributed by atoms with E-state index in [4.69, 9.17) is 20.9 Å². The number of benzene rings is 1. The molecular weight excluding hydrogens is 256 g/mol. The summed E-state index contributed by atoms with van der Waals surface area (Å²) in [5, 5.41) is 13.4. The summed E-state index contributed by atoms with van der Waals surface area (Å²) in [7, 11) is 0. The van der Waals surface area contributed by atoms with Gasteiger partial charge in [0.25, 0.3) is 5.89 Å². The maximum Gasteiger partial charge on any atom is 0.258 e. The van der Waals surface area contributed by atoms with Crippen molar-refractivity contribution in [2.24, 2.45) is 0 Å². The second-order valence-corrected chi connectivity index (χ2v) is 4.13. The number of halogens is 1. The van der Waals surface area contributed by atoms with Gasteiger partial charge in [0.2, 0.25) is 5.82 Å². The third-order valence-electron chi connectivity index (χ3n) is 2.42. The van der Waals surface area contributed by atoms with Crippen LogP contribution in [0, 0.1) is 0 Å². The second kappa shape index (κ2) is 5.37. The smallest absolute Gasteiger partial charge is 0.258 e. The van der Waals surface area contributed by atoms with Gasteiger partial charge in [-0.25, -0.2) is 0 Å². The van der Waals surface area contributed by atoms with Gasteiger partial charge in [-0.3, -0.25) is 0 Å². The van der Waals surface area contributed by atoms with E-state index in [1.54, 1.807) is 12.1 Å². The van der Waals surface area contributed by atoms with Gasteiger partial charge in [-0.15, -0.1) is 0 Å². The molecule has 1 aromatic heterocycles. The molecule has 1 heterocycles. The first-order valence-electron chi connectivity index (χ1n) is 5.56. The molecule has 2 rings (SSSR count). The first-order chi connectivity index (χ1) is 8.61. The first kappa shape index (κ1) is 12.9. The number of aromatic hydroxyl groups is 1. The number of nitrogens with zero attached hydrogens (tertiary/aromatic N) is 2. The number of ether oxygens (including phenoxy) is 1. The number of phenolic OH excluding ortho intramolecular Hbond substituents is 1. The lowest BCUT2D eigenvalue weighted by Crippen LogP contribution is -2.01. The summed E-state index contributed by atoms with van der Waals surface area (Å²) >= 11 is 5.82. The van der Waals surface area contributed by atoms with Gasteiger partial charge in [-0.1, -0.05) is 16.8 Å². The zero-order valence-corrected chi connectivity index (χ0v) is 10.8. The van der Waals surface area contributed by atoms with E-state index in [9.17, 15) is 5.11 Å². The van der Waals surface area contributed by atoms with Crippen LogP contribution in [0.4, 0.5) is 0 Å². The molecule has 0 fully saturated rings. The van der Waals surface area contributed by atoms with E-state index >= 15 is 0 Å². The Kier molecular flexibility index (Phi) is 3.84. The monoisotopic (exact) mass is 268 g/mol. The van der Waals surface area contributed by atoms with E-state index in [1.165, 1.54) is 6.07 Å². The number of rotatable bonds is 4. The van der Waals surface area contributed by atoms with Gasteiger partial charge in [0.05, 0.1) is 5.02 Å². The number of hydrogen-bond acceptors (Lipinski definition) is 5. The summed E-state index contributed by atoms with van der Waals surface area (Å²) in [6, 6.07) is 4.71. The van der Waals surface area contributed by atoms with Crippen LogP contribution in [0.2, 0.25) is 5.02 Å². The predicted molar refractivity (Wildman–Crippen MR) is 66.4 cm³/mol. The highest BCUT2D eigenvalue weighted by molar-refractivity contribution is 6.32. The summed E-state index contributed by atoms with van der Waals surface area (Å²) in [6.45, 7) is 4.33. The molecule has 0 bridgehead atoms. The molecule has 2 aromatic rings. The molecule has 0 aliphatic heterocycles. The predicted octanol–water partition coefficient (Wildman–Crippen LogP) is 3.19. The summed E-state index contributed by atoms with van der Waals surface area (Å²) in [6.07, 6.45) is -0.222. The molecule has 1 unspecified atom stereocenters. The molecule has 6 heteroatoms. The Labute approximate surface area is 109 Å². The van der Waals surface area contributed by atoms with Gasteiger partial charge in [-0.2, -0.15) is 4.98 Å². The van der Waals surface area contributed by atoms with Crippen molar-refractivity contribution in [2.75, 3.05) is 6.61 Å². The largest absolute Gasteiger partial charge is 0.506 e. The normalized spacial score (nSPS) is 12.6. The molecule has 0 spiro atoms. The van der Waals surface area contributed by atoms with Gasteiger partial charge in [0.1, 0.15) is 11.9 Å². The first-order valence-corrected chi connectivity index (χ1v) is 5.93. The zero-order valence-electron chi connectivity index (χ0n) is 10.1. The fraction of sp³-hybridized carbons (Fsp3) is 0.333. The summed E-state index contributed by atoms with van der Waals surface area (Å²) in [4.78, 5) is 4.23. The van der Waals surface area contributed by atoms with Crippen molar-refractivity contribution in [1.82, 2.24) is 10.1 Å². The van der Waals surface area contributed by atoms with Crippen LogP contribution in [-0.2, 0) is 4.74 Å². The fourth-order valence-corrected chi connectivity index (χ4v) is 1.66. The topological polar surface area (TPSA) is 68.4 Å². The van der Waals surface area contributed by atoms with Crippen LogP contribution in [0.5, 0.6) is 5.75 Å². The summed E-state index contributed by atoms with van der Waals surface area (Å²) < 4.78 is 10.5. The van der Waals surface area contributed by atoms with E-state index < -0.39 is 0 Å². The van der Waals surface area contributed by atoms with Crippen LogP contribution < -0.4 is 0 Å². The summed E-state index contributed by atoms with van der Waals surface area (Å²) in [5.41, 5.74) is 0.653. The van der Waals surface area contributed by atoms with Crippen LogP contribution in [-0.4, -0.2) is 21.9 Å². The lowest BCUT2D eigenvalue weighted by atomic mass is 10.2. The minimum absolute atomic E-state index is 0.0165. The zero-order chi connectivity index (χ0) is 13.1. The van der Waals surface area contributed by atoms with E-state index in [0.717, 1.165) is 0 Å². The highest BCUT2D eigenvalue weighted by Crippen LogP contribution is 2.29. The van der Waals surface area contributed by atoms with Crippen LogP contribution in [0.15, 0.2) is 22.7 Å². The Bertz CT molecular complexity index is 542. The minimum atomic E-state index is -0.222. The summed E-state index contributed by atoms with van der Waals surface area (Å²) in [5.74, 6) is 0.845. The van der Waals surface area contributed by atoms with E-state index in [0.29, 0.717) is 23.9 Å². The van der Waals surface area contributed by atoms with Gasteiger partial charge in [0, 0.05) is 12.2 Å². The standard InChI is InChI=1S/C12H13ClN2O3/c1-3-17-7(2)11-14-12(18-15-11)8-4-5-10(16)9(13)6-8/h4-7,16H,3H2,1-2H3. The molecule has 18 heavy (non-hydrogen) atoms. The van der Waals surface area contributed by atoms with Gasteiger partial charge in [-0.05, 0) is 32.0 Å². The molecule has 0 aliphatic carbocycles. The Morgan fingerprint density at radius 2 is 2.28 bits per heavy atom. The quantitative estimate of drug-likeness (QED) is 0.922. The average Bonchev–Trinajstić information content (AvgIpc) is 2.82. The van der Waals surface area contributed by atoms with Crippen molar-refractivity contribution in [3.8, 4) is 17.2 Å². The molecule has 1 aromatic carbocycles. The lowest BCUT2D eigenvalue weighted by Gasteiger charge is -2.04. The second-order valence-electron chi connectivity index (χ2n) is 3.72. The van der Waals surface area contributed by atoms with Crippen molar-refractivity contribution < 1.29 is 14.4 Å². The molecule has 1 N–H and O–H groups in total. The molecule has 0 amide bonds. The highest BCUT2D eigenvalue weighted by atomic mass is 35.5. The maximum absolute atomic E-state index is 9.34. The Hall–Kier alpha value is -1.59. The van der Waals surface area contributed by atoms with Crippen molar-refractivity contribution >= 4 is 11.6 Å². The van der Waals surface area contributed by atoms with E-state index in [1.807, 2.05) is 13.8 Å². The molecule has 1 atom stereocenters. The highest BCUT2D eigenvalue weighted by Gasteiger charge is 2.15. The third kappa shape index (κ3) is 2.63. The Morgan fingerprint density at radius 3 is 2.94 bits per heavy atom. The SMILES string of the molecule is CCOC(C)c1noc(-c2ccc(O)c(Cl)c2)n1. The van der Waals surface area contributed by atoms with Crippen molar-refractivity contribution in [3.05, 3.63) is 29.0 Å². The minimum Gasteiger partial charge on any atom is -0.506 e. The van der Waals surface area contributed by atoms with Crippen molar-refractivity contribution in [3.63, 3.8) is 0 Å². The van der Waals surface area contributed by atoms with Crippen LogP contribution >= 0.6 is 11.6 Å². The van der Waals surface area contributed by atoms with Crippen molar-refractivity contribution in [2.45, 2.75) is 20.0 Å². The molecule has 96 valence electrons. The van der Waals surface area contributed by atoms with E-state index in [2.05, 4.69) is 10.1 Å². The lowest BCUT2D eigenvalue weighted by molar-refractivity contribution is 0.0683. The van der Waals surface area contributed by atoms with Gasteiger partial charge >= 0.3 is 0 Å². The molecule has 0 aliphatic rings. The molecule has 0 saturated heterocycles. The molecule has 0 radical (unpaired) electrons. The molecule has 0 saturated carbocycles. The van der Waals surface area contributed by atoms with Crippen LogP contribution in [0.3, 0.4) is 0 Å². The number of aromatic nitrogens is 2. The maximum atomic E-state index is 9.34. The fourth-order valence-electron chi connectivity index (χ4n) is 1.48. The average molecular weight is 269 g/mol. The van der Waals surface area contributed by atoms with Gasteiger partial charge < -0.3 is 14.4 Å².